The molecule has 0 saturated carbocycles. The summed E-state index contributed by atoms with van der Waals surface area (Å²) >= 11 is 7.45. The predicted molar refractivity (Wildman–Crippen MR) is 107 cm³/mol. The second-order valence-corrected chi connectivity index (χ2v) is 9.86. The van der Waals surface area contributed by atoms with Crippen molar-refractivity contribution in [2.45, 2.75) is 12.2 Å². The van der Waals surface area contributed by atoms with E-state index in [-0.39, 0.29) is 5.75 Å². The van der Waals surface area contributed by atoms with Crippen LogP contribution in [0.1, 0.15) is 16.3 Å². The van der Waals surface area contributed by atoms with E-state index in [1.807, 2.05) is 24.3 Å². The molecule has 0 aliphatic carbocycles. The summed E-state index contributed by atoms with van der Waals surface area (Å²) in [5.41, 5.74) is 1.54. The molecule has 28 heavy (non-hydrogen) atoms. The van der Waals surface area contributed by atoms with E-state index in [4.69, 9.17) is 16.1 Å². The van der Waals surface area contributed by atoms with E-state index >= 15 is 0 Å². The zero-order valence-corrected chi connectivity index (χ0v) is 17.3. The Labute approximate surface area is 171 Å². The summed E-state index contributed by atoms with van der Waals surface area (Å²) in [5.74, 6) is -0.145. The number of nitrogens with zero attached hydrogens (tertiary/aromatic N) is 5. The molecule has 8 nitrogen and oxygen atoms in total. The molecule has 0 unspecified atom stereocenters. The van der Waals surface area contributed by atoms with Crippen molar-refractivity contribution in [3.8, 4) is 0 Å². The van der Waals surface area contributed by atoms with E-state index in [1.54, 1.807) is 6.07 Å². The molecule has 0 radical (unpaired) electrons. The fourth-order valence-corrected chi connectivity index (χ4v) is 5.44. The Morgan fingerprint density at radius 2 is 1.82 bits per heavy atom. The lowest BCUT2D eigenvalue weighted by Crippen LogP contribution is -2.49. The molecule has 1 saturated heterocycles. The lowest BCUT2D eigenvalue weighted by atomic mass is 10.2. The van der Waals surface area contributed by atoms with Gasteiger partial charge in [0.2, 0.25) is 15.2 Å². The first-order valence-corrected chi connectivity index (χ1v) is 11.5. The Morgan fingerprint density at radius 3 is 2.50 bits per heavy atom. The van der Waals surface area contributed by atoms with Crippen LogP contribution in [0, 0.1) is 0 Å². The lowest BCUT2D eigenvalue weighted by Gasteiger charge is -2.33. The van der Waals surface area contributed by atoms with E-state index in [2.05, 4.69) is 20.3 Å². The molecular formula is C17H18ClN5O3S2. The minimum atomic E-state index is -3.41. The molecule has 0 N–H and O–H groups in total. The number of anilines is 1. The summed E-state index contributed by atoms with van der Waals surface area (Å²) in [6.45, 7) is 1.97. The van der Waals surface area contributed by atoms with Crippen molar-refractivity contribution in [1.29, 1.82) is 0 Å². The minimum absolute atomic E-state index is 0.145. The zero-order valence-electron chi connectivity index (χ0n) is 14.9. The molecular weight excluding hydrogens is 422 g/mol. The van der Waals surface area contributed by atoms with Crippen LogP contribution in [-0.2, 0) is 22.2 Å². The normalized spacial score (nSPS) is 15.8. The van der Waals surface area contributed by atoms with Crippen LogP contribution >= 0.6 is 22.9 Å². The van der Waals surface area contributed by atoms with Crippen LogP contribution in [0.2, 0.25) is 5.02 Å². The molecule has 0 spiro atoms. The van der Waals surface area contributed by atoms with Gasteiger partial charge in [-0.3, -0.25) is 0 Å². The predicted octanol–water partition coefficient (Wildman–Crippen LogP) is 2.42. The largest absolute Gasteiger partial charge is 0.364 e. The second-order valence-electron chi connectivity index (χ2n) is 6.41. The van der Waals surface area contributed by atoms with Gasteiger partial charge in [-0.1, -0.05) is 40.2 Å². The number of piperazine rings is 1. The van der Waals surface area contributed by atoms with E-state index in [9.17, 15) is 8.42 Å². The van der Waals surface area contributed by atoms with Crippen molar-refractivity contribution in [3.63, 3.8) is 0 Å². The number of halogens is 1. The summed E-state index contributed by atoms with van der Waals surface area (Å²) in [4.78, 5) is 2.07. The third-order valence-electron chi connectivity index (χ3n) is 4.45. The first kappa shape index (κ1) is 19.3. The monoisotopic (exact) mass is 439 g/mol. The van der Waals surface area contributed by atoms with E-state index < -0.39 is 10.0 Å². The summed E-state index contributed by atoms with van der Waals surface area (Å²) in [6, 6.07) is 9.23. The Hall–Kier alpha value is -2.01. The smallest absolute Gasteiger partial charge is 0.220 e. The molecule has 1 aliphatic rings. The van der Waals surface area contributed by atoms with Gasteiger partial charge in [0.15, 0.2) is 0 Å². The SMILES string of the molecule is O=S(=O)(Cc1ccon1)N1CCN(c2nnc(Cc3ccc(Cl)cc3)s2)CC1. The van der Waals surface area contributed by atoms with Gasteiger partial charge in [0.25, 0.3) is 0 Å². The molecule has 148 valence electrons. The Kier molecular flexibility index (Phi) is 5.63. The number of sulfonamides is 1. The highest BCUT2D eigenvalue weighted by Gasteiger charge is 2.29. The minimum Gasteiger partial charge on any atom is -0.364 e. The Bertz CT molecular complexity index is 1010. The van der Waals surface area contributed by atoms with Gasteiger partial charge >= 0.3 is 0 Å². The van der Waals surface area contributed by atoms with Gasteiger partial charge < -0.3 is 9.42 Å². The standard InChI is InChI=1S/C17H18ClN5O3S2/c18-14-3-1-13(2-4-14)11-16-19-20-17(27-16)22-6-8-23(9-7-22)28(24,25)12-15-5-10-26-21-15/h1-5,10H,6-9,11-12H2. The number of benzene rings is 1. The van der Waals surface area contributed by atoms with Crippen LogP contribution in [0.15, 0.2) is 41.1 Å². The Morgan fingerprint density at radius 1 is 1.07 bits per heavy atom. The second kappa shape index (κ2) is 8.16. The first-order chi connectivity index (χ1) is 13.5. The zero-order chi connectivity index (χ0) is 19.6. The number of hydrogen-bond acceptors (Lipinski definition) is 8. The van der Waals surface area contributed by atoms with E-state index in [0.29, 0.717) is 43.3 Å². The highest BCUT2D eigenvalue weighted by Crippen LogP contribution is 2.25. The maximum Gasteiger partial charge on any atom is 0.220 e. The van der Waals surface area contributed by atoms with Crippen molar-refractivity contribution in [3.05, 3.63) is 57.9 Å². The highest BCUT2D eigenvalue weighted by molar-refractivity contribution is 7.88. The molecule has 11 heteroatoms. The van der Waals surface area contributed by atoms with Gasteiger partial charge in [-0.2, -0.15) is 4.31 Å². The highest BCUT2D eigenvalue weighted by atomic mass is 35.5. The third kappa shape index (κ3) is 4.52. The van der Waals surface area contributed by atoms with Gasteiger partial charge in [-0.15, -0.1) is 10.2 Å². The topological polar surface area (TPSA) is 92.4 Å². The number of aromatic nitrogens is 3. The lowest BCUT2D eigenvalue weighted by molar-refractivity contribution is 0.381. The van der Waals surface area contributed by atoms with E-state index in [0.717, 1.165) is 15.7 Å². The van der Waals surface area contributed by atoms with Crippen molar-refractivity contribution in [2.24, 2.45) is 0 Å². The molecule has 3 aromatic rings. The molecule has 0 atom stereocenters. The maximum atomic E-state index is 12.5. The van der Waals surface area contributed by atoms with E-state index in [1.165, 1.54) is 21.9 Å². The molecule has 2 aromatic heterocycles. The van der Waals surface area contributed by atoms with Crippen molar-refractivity contribution >= 4 is 38.1 Å². The van der Waals surface area contributed by atoms with Gasteiger partial charge in [-0.05, 0) is 17.7 Å². The molecule has 1 aliphatic heterocycles. The van der Waals surface area contributed by atoms with Gasteiger partial charge in [0, 0.05) is 43.7 Å². The number of rotatable bonds is 6. The van der Waals surface area contributed by atoms with Crippen molar-refractivity contribution in [1.82, 2.24) is 19.7 Å². The summed E-state index contributed by atoms with van der Waals surface area (Å²) in [7, 11) is -3.41. The first-order valence-electron chi connectivity index (χ1n) is 8.68. The fourth-order valence-electron chi connectivity index (χ4n) is 2.97. The molecule has 0 amide bonds. The molecule has 3 heterocycles. The third-order valence-corrected chi connectivity index (χ3v) is 7.50. The van der Waals surface area contributed by atoms with Crippen molar-refractivity contribution in [2.75, 3.05) is 31.1 Å². The molecule has 1 fully saturated rings. The van der Waals surface area contributed by atoms with Crippen LogP contribution in [0.25, 0.3) is 0 Å². The van der Waals surface area contributed by atoms with Crippen LogP contribution in [0.4, 0.5) is 5.13 Å². The molecule has 0 bridgehead atoms. The van der Waals surface area contributed by atoms with Gasteiger partial charge in [-0.25, -0.2) is 8.42 Å². The maximum absolute atomic E-state index is 12.5. The number of hydrogen-bond donors (Lipinski definition) is 0. The molecule has 4 rings (SSSR count). The average molecular weight is 440 g/mol. The summed E-state index contributed by atoms with van der Waals surface area (Å²) in [6.07, 6.45) is 2.07. The fraction of sp³-hybridized carbons (Fsp3) is 0.353. The summed E-state index contributed by atoms with van der Waals surface area (Å²) in [5, 5.41) is 14.7. The van der Waals surface area contributed by atoms with Gasteiger partial charge in [0.1, 0.15) is 17.0 Å². The van der Waals surface area contributed by atoms with Crippen LogP contribution < -0.4 is 4.90 Å². The average Bonchev–Trinajstić information content (AvgIpc) is 3.36. The van der Waals surface area contributed by atoms with Crippen LogP contribution in [-0.4, -0.2) is 54.3 Å². The Balaban J connectivity index is 1.35. The van der Waals surface area contributed by atoms with Crippen molar-refractivity contribution < 1.29 is 12.9 Å². The quantitative estimate of drug-likeness (QED) is 0.582. The van der Waals surface area contributed by atoms with Crippen LogP contribution in [0.5, 0.6) is 0 Å². The summed E-state index contributed by atoms with van der Waals surface area (Å²) < 4.78 is 31.2. The van der Waals surface area contributed by atoms with Gasteiger partial charge in [0.05, 0.1) is 5.69 Å². The molecule has 1 aromatic carbocycles. The van der Waals surface area contributed by atoms with Crippen LogP contribution in [0.3, 0.4) is 0 Å².